The molecule has 2 heterocycles. The smallest absolute Gasteiger partial charge is 0.233 e. The molecule has 2 amide bonds. The van der Waals surface area contributed by atoms with Crippen molar-refractivity contribution in [2.24, 2.45) is 5.73 Å². The Morgan fingerprint density at radius 2 is 1.90 bits per heavy atom. The maximum atomic E-state index is 11.6. The van der Waals surface area contributed by atoms with Crippen molar-refractivity contribution in [3.63, 3.8) is 0 Å². The molecule has 3 atom stereocenters. The Morgan fingerprint density at radius 1 is 1.19 bits per heavy atom. The number of amides is 2. The van der Waals surface area contributed by atoms with E-state index >= 15 is 0 Å². The number of hydrogen-bond donors (Lipinski definition) is 3. The van der Waals surface area contributed by atoms with Gasteiger partial charge in [-0.3, -0.25) is 9.59 Å². The molecule has 1 saturated heterocycles. The molecular weight excluding hydrogens is 270 g/mol. The van der Waals surface area contributed by atoms with Crippen LogP contribution in [0.25, 0.3) is 0 Å². The summed E-state index contributed by atoms with van der Waals surface area (Å²) >= 11 is 0. The third-order valence-corrected chi connectivity index (χ3v) is 3.96. The van der Waals surface area contributed by atoms with Crippen LogP contribution in [-0.4, -0.2) is 24.0 Å². The normalized spacial score (nSPS) is 26.6. The Balaban J connectivity index is 1.85. The van der Waals surface area contributed by atoms with Crippen LogP contribution >= 0.6 is 0 Å². The number of nitrogens with one attached hydrogen (secondary N) is 2. The van der Waals surface area contributed by atoms with Crippen molar-refractivity contribution in [3.8, 4) is 0 Å². The first kappa shape index (κ1) is 14.0. The number of benzene rings is 1. The number of anilines is 2. The Kier molecular flexibility index (Phi) is 3.65. The van der Waals surface area contributed by atoms with Gasteiger partial charge < -0.3 is 21.1 Å². The number of ether oxygens (including phenoxy) is 1. The van der Waals surface area contributed by atoms with Crippen LogP contribution in [0.2, 0.25) is 0 Å². The minimum Gasteiger partial charge on any atom is -0.373 e. The van der Waals surface area contributed by atoms with Crippen LogP contribution in [0.3, 0.4) is 0 Å². The summed E-state index contributed by atoms with van der Waals surface area (Å²) in [5.41, 5.74) is 8.35. The molecule has 0 radical (unpaired) electrons. The fourth-order valence-electron chi connectivity index (χ4n) is 2.83. The van der Waals surface area contributed by atoms with E-state index in [-0.39, 0.29) is 36.5 Å². The highest BCUT2D eigenvalue weighted by Gasteiger charge is 2.29. The van der Waals surface area contributed by atoms with Crippen LogP contribution in [0.5, 0.6) is 0 Å². The predicted octanol–water partition coefficient (Wildman–Crippen LogP) is 1.53. The van der Waals surface area contributed by atoms with Crippen molar-refractivity contribution < 1.29 is 14.3 Å². The number of fused-ring (bicyclic) bond motifs is 1. The summed E-state index contributed by atoms with van der Waals surface area (Å²) in [7, 11) is 0. The van der Waals surface area contributed by atoms with Crippen LogP contribution in [0.4, 0.5) is 11.4 Å². The van der Waals surface area contributed by atoms with Crippen molar-refractivity contribution in [3.05, 3.63) is 23.8 Å². The van der Waals surface area contributed by atoms with Gasteiger partial charge in [0.25, 0.3) is 0 Å². The molecular formula is C15H19N3O3. The molecule has 4 N–H and O–H groups in total. The maximum absolute atomic E-state index is 11.6. The first-order chi connectivity index (χ1) is 10.0. The number of nitrogens with two attached hydrogens (primary N) is 1. The lowest BCUT2D eigenvalue weighted by atomic mass is 9.99. The van der Waals surface area contributed by atoms with Gasteiger partial charge in [0.15, 0.2) is 0 Å². The van der Waals surface area contributed by atoms with E-state index in [1.54, 1.807) is 6.07 Å². The summed E-state index contributed by atoms with van der Waals surface area (Å²) < 4.78 is 5.80. The Labute approximate surface area is 123 Å². The van der Waals surface area contributed by atoms with Gasteiger partial charge in [-0.25, -0.2) is 0 Å². The third-order valence-electron chi connectivity index (χ3n) is 3.96. The second-order valence-electron chi connectivity index (χ2n) is 5.67. The molecule has 0 spiro atoms. The van der Waals surface area contributed by atoms with Crippen molar-refractivity contribution in [1.82, 2.24) is 0 Å². The topological polar surface area (TPSA) is 93.5 Å². The van der Waals surface area contributed by atoms with Crippen molar-refractivity contribution in [2.75, 3.05) is 10.6 Å². The molecule has 112 valence electrons. The van der Waals surface area contributed by atoms with Crippen LogP contribution in [-0.2, 0) is 14.3 Å². The number of carbonyl (C=O) groups is 2. The average Bonchev–Trinajstić information content (AvgIpc) is 2.79. The Morgan fingerprint density at radius 3 is 2.57 bits per heavy atom. The summed E-state index contributed by atoms with van der Waals surface area (Å²) in [6, 6.07) is 5.21. The lowest BCUT2D eigenvalue weighted by Crippen LogP contribution is -2.26. The van der Waals surface area contributed by atoms with Gasteiger partial charge in [-0.1, -0.05) is 6.07 Å². The van der Waals surface area contributed by atoms with Gasteiger partial charge in [0.05, 0.1) is 29.6 Å². The standard InChI is InChI=1S/C15H19N3O3/c1-8-2-5-12(21-8)15(16)9-3-4-10-11(6-9)18-14(20)7-13(19)17-10/h3-4,6,8,12,15H,2,5,7,16H2,1H3,(H,17,19)(H,18,20). The molecule has 2 aliphatic heterocycles. The fourth-order valence-corrected chi connectivity index (χ4v) is 2.83. The highest BCUT2D eigenvalue weighted by atomic mass is 16.5. The van der Waals surface area contributed by atoms with E-state index in [9.17, 15) is 9.59 Å². The highest BCUT2D eigenvalue weighted by Crippen LogP contribution is 2.32. The average molecular weight is 289 g/mol. The van der Waals surface area contributed by atoms with Crippen LogP contribution in [0.1, 0.15) is 37.8 Å². The van der Waals surface area contributed by atoms with Crippen molar-refractivity contribution in [1.29, 1.82) is 0 Å². The zero-order valence-electron chi connectivity index (χ0n) is 11.9. The van der Waals surface area contributed by atoms with E-state index in [0.717, 1.165) is 18.4 Å². The van der Waals surface area contributed by atoms with E-state index in [1.807, 2.05) is 19.1 Å². The van der Waals surface area contributed by atoms with E-state index in [1.165, 1.54) is 0 Å². The number of carbonyl (C=O) groups excluding carboxylic acids is 2. The Hall–Kier alpha value is -1.92. The molecule has 1 fully saturated rings. The molecule has 6 heteroatoms. The SMILES string of the molecule is CC1CCC(C(N)c2ccc3c(c2)NC(=O)CC(=O)N3)O1. The minimum absolute atomic E-state index is 0.00544. The summed E-state index contributed by atoms with van der Waals surface area (Å²) in [6.45, 7) is 2.04. The number of rotatable bonds is 2. The minimum atomic E-state index is -0.317. The summed E-state index contributed by atoms with van der Waals surface area (Å²) in [5.74, 6) is -0.626. The van der Waals surface area contributed by atoms with Gasteiger partial charge >= 0.3 is 0 Å². The van der Waals surface area contributed by atoms with Crippen LogP contribution in [0, 0.1) is 0 Å². The molecule has 3 rings (SSSR count). The van der Waals surface area contributed by atoms with Gasteiger partial charge in [0.1, 0.15) is 6.42 Å². The molecule has 6 nitrogen and oxygen atoms in total. The molecule has 3 unspecified atom stereocenters. The van der Waals surface area contributed by atoms with Gasteiger partial charge in [0, 0.05) is 0 Å². The largest absolute Gasteiger partial charge is 0.373 e. The summed E-state index contributed by atoms with van der Waals surface area (Å²) in [6.07, 6.45) is 2.01. The maximum Gasteiger partial charge on any atom is 0.233 e. The van der Waals surface area contributed by atoms with E-state index in [4.69, 9.17) is 10.5 Å². The molecule has 0 bridgehead atoms. The van der Waals surface area contributed by atoms with E-state index in [0.29, 0.717) is 11.4 Å². The second kappa shape index (κ2) is 5.46. The van der Waals surface area contributed by atoms with E-state index < -0.39 is 0 Å². The van der Waals surface area contributed by atoms with Crippen LogP contribution in [0.15, 0.2) is 18.2 Å². The quantitative estimate of drug-likeness (QED) is 0.720. The number of hydrogen-bond acceptors (Lipinski definition) is 4. The lowest BCUT2D eigenvalue weighted by Gasteiger charge is -2.21. The zero-order chi connectivity index (χ0) is 15.0. The summed E-state index contributed by atoms with van der Waals surface area (Å²) in [5, 5.41) is 5.43. The molecule has 21 heavy (non-hydrogen) atoms. The first-order valence-electron chi connectivity index (χ1n) is 7.17. The molecule has 0 saturated carbocycles. The van der Waals surface area contributed by atoms with Crippen molar-refractivity contribution >= 4 is 23.2 Å². The zero-order valence-corrected chi connectivity index (χ0v) is 11.9. The van der Waals surface area contributed by atoms with E-state index in [2.05, 4.69) is 10.6 Å². The molecule has 1 aromatic carbocycles. The molecule has 0 aliphatic carbocycles. The monoisotopic (exact) mass is 289 g/mol. The van der Waals surface area contributed by atoms with Crippen molar-refractivity contribution in [2.45, 2.75) is 44.4 Å². The van der Waals surface area contributed by atoms with Gasteiger partial charge in [0.2, 0.25) is 11.8 Å². The highest BCUT2D eigenvalue weighted by molar-refractivity contribution is 6.13. The summed E-state index contributed by atoms with van der Waals surface area (Å²) in [4.78, 5) is 23.1. The molecule has 1 aromatic rings. The van der Waals surface area contributed by atoms with Gasteiger partial charge in [-0.15, -0.1) is 0 Å². The predicted molar refractivity (Wildman–Crippen MR) is 78.8 cm³/mol. The van der Waals surface area contributed by atoms with Gasteiger partial charge in [-0.2, -0.15) is 0 Å². The molecule has 0 aromatic heterocycles. The van der Waals surface area contributed by atoms with Gasteiger partial charge in [-0.05, 0) is 37.5 Å². The Bertz CT molecular complexity index is 588. The first-order valence-corrected chi connectivity index (χ1v) is 7.17. The molecule has 2 aliphatic rings. The van der Waals surface area contributed by atoms with Crippen LogP contribution < -0.4 is 16.4 Å². The lowest BCUT2D eigenvalue weighted by molar-refractivity contribution is -0.123. The fraction of sp³-hybridized carbons (Fsp3) is 0.467. The third kappa shape index (κ3) is 2.91. The second-order valence-corrected chi connectivity index (χ2v) is 5.67.